The third-order valence-corrected chi connectivity index (χ3v) is 4.22. The molecule has 0 saturated carbocycles. The van der Waals surface area contributed by atoms with Crippen molar-refractivity contribution in [1.29, 1.82) is 0 Å². The zero-order valence-corrected chi connectivity index (χ0v) is 13.8. The van der Waals surface area contributed by atoms with Crippen molar-refractivity contribution < 1.29 is 9.53 Å². The maximum Gasteiger partial charge on any atom is 0.196 e. The quantitative estimate of drug-likeness (QED) is 0.684. The first-order valence-corrected chi connectivity index (χ1v) is 7.99. The van der Waals surface area contributed by atoms with Crippen molar-refractivity contribution in [2.45, 2.75) is 12.8 Å². The minimum absolute atomic E-state index is 0.00856. The number of ketones is 1. The minimum atomic E-state index is -0.00856. The van der Waals surface area contributed by atoms with Gasteiger partial charge in [0.15, 0.2) is 5.78 Å². The van der Waals surface area contributed by atoms with Crippen LogP contribution in [0.25, 0.3) is 0 Å². The highest BCUT2D eigenvalue weighted by molar-refractivity contribution is 9.11. The van der Waals surface area contributed by atoms with Crippen LogP contribution < -0.4 is 4.74 Å². The molecule has 0 unspecified atom stereocenters. The summed E-state index contributed by atoms with van der Waals surface area (Å²) in [6.45, 7) is 0.680. The van der Waals surface area contributed by atoms with Crippen LogP contribution in [0, 0.1) is 0 Å². The summed E-state index contributed by atoms with van der Waals surface area (Å²) in [5.41, 5.74) is 2.41. The molecule has 0 amide bonds. The monoisotopic (exact) mass is 394 g/mol. The molecule has 0 fully saturated rings. The number of ether oxygens (including phenoxy) is 1. The van der Waals surface area contributed by atoms with Crippen LogP contribution in [0.2, 0.25) is 0 Å². The zero-order valence-electron chi connectivity index (χ0n) is 10.7. The topological polar surface area (TPSA) is 26.3 Å². The highest BCUT2D eigenvalue weighted by Gasteiger charge is 2.20. The number of rotatable bonds is 2. The Morgan fingerprint density at radius 2 is 1.85 bits per heavy atom. The van der Waals surface area contributed by atoms with Crippen LogP contribution in [-0.4, -0.2) is 12.4 Å². The lowest BCUT2D eigenvalue weighted by atomic mass is 9.97. The Morgan fingerprint density at radius 3 is 2.60 bits per heavy atom. The number of benzene rings is 2. The summed E-state index contributed by atoms with van der Waals surface area (Å²) in [7, 11) is 0. The third-order valence-electron chi connectivity index (χ3n) is 3.30. The van der Waals surface area contributed by atoms with Crippen LogP contribution in [-0.2, 0) is 6.42 Å². The molecule has 1 heterocycles. The maximum atomic E-state index is 12.7. The lowest BCUT2D eigenvalue weighted by Gasteiger charge is -2.19. The Hall–Kier alpha value is -1.13. The SMILES string of the molecule is O=C(c1cc(Br)cc(Br)c1)c1cccc2c1OCCC2. The molecule has 0 radical (unpaired) electrons. The number of para-hydroxylation sites is 1. The summed E-state index contributed by atoms with van der Waals surface area (Å²) >= 11 is 6.83. The van der Waals surface area contributed by atoms with E-state index in [0.717, 1.165) is 33.1 Å². The smallest absolute Gasteiger partial charge is 0.196 e. The van der Waals surface area contributed by atoms with Gasteiger partial charge in [0.1, 0.15) is 5.75 Å². The fourth-order valence-electron chi connectivity index (χ4n) is 2.41. The number of aryl methyl sites for hydroxylation is 1. The number of carbonyl (C=O) groups is 1. The summed E-state index contributed by atoms with van der Waals surface area (Å²) in [6, 6.07) is 11.4. The first-order valence-electron chi connectivity index (χ1n) is 6.40. The van der Waals surface area contributed by atoms with E-state index in [1.54, 1.807) is 0 Å². The number of hydrogen-bond donors (Lipinski definition) is 0. The molecule has 0 spiro atoms. The number of fused-ring (bicyclic) bond motifs is 1. The molecule has 0 aliphatic carbocycles. The number of halogens is 2. The average Bonchev–Trinajstić information content (AvgIpc) is 2.45. The van der Waals surface area contributed by atoms with E-state index in [9.17, 15) is 4.79 Å². The molecule has 1 aliphatic rings. The van der Waals surface area contributed by atoms with Crippen molar-refractivity contribution in [3.05, 3.63) is 62.0 Å². The van der Waals surface area contributed by atoms with Crippen LogP contribution in [0.4, 0.5) is 0 Å². The summed E-state index contributed by atoms with van der Waals surface area (Å²) in [5.74, 6) is 0.741. The lowest BCUT2D eigenvalue weighted by molar-refractivity contribution is 0.103. The predicted octanol–water partition coefficient (Wildman–Crippen LogP) is 4.77. The van der Waals surface area contributed by atoms with Crippen molar-refractivity contribution in [3.63, 3.8) is 0 Å². The van der Waals surface area contributed by atoms with Gasteiger partial charge in [-0.1, -0.05) is 44.0 Å². The van der Waals surface area contributed by atoms with E-state index in [-0.39, 0.29) is 5.78 Å². The predicted molar refractivity (Wildman–Crippen MR) is 85.5 cm³/mol. The Bertz CT molecular complexity index is 660. The lowest BCUT2D eigenvalue weighted by Crippen LogP contribution is -2.13. The Kier molecular flexibility index (Phi) is 3.94. The zero-order chi connectivity index (χ0) is 14.1. The van der Waals surface area contributed by atoms with Crippen LogP contribution in [0.1, 0.15) is 27.9 Å². The molecule has 102 valence electrons. The second-order valence-electron chi connectivity index (χ2n) is 4.73. The van der Waals surface area contributed by atoms with Crippen LogP contribution in [0.5, 0.6) is 5.75 Å². The molecular formula is C16H12Br2O2. The van der Waals surface area contributed by atoms with Gasteiger partial charge in [-0.25, -0.2) is 0 Å². The van der Waals surface area contributed by atoms with Crippen LogP contribution in [0.15, 0.2) is 45.3 Å². The normalized spacial score (nSPS) is 13.5. The molecule has 4 heteroatoms. The van der Waals surface area contributed by atoms with Gasteiger partial charge < -0.3 is 4.74 Å². The second kappa shape index (κ2) is 5.70. The summed E-state index contributed by atoms with van der Waals surface area (Å²) < 4.78 is 7.47. The molecule has 20 heavy (non-hydrogen) atoms. The average molecular weight is 396 g/mol. The summed E-state index contributed by atoms with van der Waals surface area (Å²) in [6.07, 6.45) is 1.98. The summed E-state index contributed by atoms with van der Waals surface area (Å²) in [5, 5.41) is 0. The van der Waals surface area contributed by atoms with E-state index >= 15 is 0 Å². The van der Waals surface area contributed by atoms with Gasteiger partial charge in [-0.3, -0.25) is 4.79 Å². The van der Waals surface area contributed by atoms with E-state index in [1.165, 1.54) is 0 Å². The largest absolute Gasteiger partial charge is 0.493 e. The molecule has 0 saturated heterocycles. The van der Waals surface area contributed by atoms with Crippen LogP contribution >= 0.6 is 31.9 Å². The van der Waals surface area contributed by atoms with Crippen molar-refractivity contribution in [1.82, 2.24) is 0 Å². The first-order chi connectivity index (χ1) is 9.65. The molecule has 1 aliphatic heterocycles. The molecule has 0 bridgehead atoms. The minimum Gasteiger partial charge on any atom is -0.493 e. The fourth-order valence-corrected chi connectivity index (χ4v) is 3.70. The van der Waals surface area contributed by atoms with Gasteiger partial charge in [-0.05, 0) is 42.7 Å². The van der Waals surface area contributed by atoms with E-state index in [2.05, 4.69) is 31.9 Å². The Labute approximate surface area is 134 Å². The second-order valence-corrected chi connectivity index (χ2v) is 6.56. The van der Waals surface area contributed by atoms with Crippen molar-refractivity contribution in [2.75, 3.05) is 6.61 Å². The molecule has 0 atom stereocenters. The molecule has 2 aromatic rings. The standard InChI is InChI=1S/C16H12Br2O2/c17-12-7-11(8-13(18)9-12)15(19)14-5-1-3-10-4-2-6-20-16(10)14/h1,3,5,7-9H,2,4,6H2. The van der Waals surface area contributed by atoms with E-state index in [0.29, 0.717) is 17.7 Å². The van der Waals surface area contributed by atoms with Gasteiger partial charge >= 0.3 is 0 Å². The van der Waals surface area contributed by atoms with E-state index in [4.69, 9.17) is 4.74 Å². The first kappa shape index (κ1) is 13.8. The van der Waals surface area contributed by atoms with Crippen molar-refractivity contribution in [3.8, 4) is 5.75 Å². The van der Waals surface area contributed by atoms with E-state index < -0.39 is 0 Å². The summed E-state index contributed by atoms with van der Waals surface area (Å²) in [4.78, 5) is 12.7. The number of hydrogen-bond acceptors (Lipinski definition) is 2. The van der Waals surface area contributed by atoms with Crippen molar-refractivity contribution >= 4 is 37.6 Å². The fraction of sp³-hybridized carbons (Fsp3) is 0.188. The van der Waals surface area contributed by atoms with Gasteiger partial charge in [0.05, 0.1) is 12.2 Å². The van der Waals surface area contributed by atoms with Crippen molar-refractivity contribution in [2.24, 2.45) is 0 Å². The highest BCUT2D eigenvalue weighted by atomic mass is 79.9. The number of carbonyl (C=O) groups excluding carboxylic acids is 1. The molecule has 2 nitrogen and oxygen atoms in total. The molecule has 2 aromatic carbocycles. The van der Waals surface area contributed by atoms with E-state index in [1.807, 2.05) is 36.4 Å². The molecular weight excluding hydrogens is 384 g/mol. The van der Waals surface area contributed by atoms with Gasteiger partial charge in [-0.15, -0.1) is 0 Å². The maximum absolute atomic E-state index is 12.7. The molecule has 0 N–H and O–H groups in total. The van der Waals surface area contributed by atoms with Gasteiger partial charge in [0, 0.05) is 14.5 Å². The molecule has 0 aromatic heterocycles. The van der Waals surface area contributed by atoms with Crippen LogP contribution in [0.3, 0.4) is 0 Å². The Morgan fingerprint density at radius 1 is 1.10 bits per heavy atom. The van der Waals surface area contributed by atoms with Gasteiger partial charge in [0.2, 0.25) is 0 Å². The van der Waals surface area contributed by atoms with Gasteiger partial charge in [0.25, 0.3) is 0 Å². The third kappa shape index (κ3) is 2.67. The molecule has 3 rings (SSSR count). The Balaban J connectivity index is 2.06. The highest BCUT2D eigenvalue weighted by Crippen LogP contribution is 2.31. The van der Waals surface area contributed by atoms with Gasteiger partial charge in [-0.2, -0.15) is 0 Å².